The van der Waals surface area contributed by atoms with Crippen LogP contribution in [0.2, 0.25) is 0 Å². The summed E-state index contributed by atoms with van der Waals surface area (Å²) in [5.41, 5.74) is 3.06. The summed E-state index contributed by atoms with van der Waals surface area (Å²) in [6.07, 6.45) is 2.14. The Balaban J connectivity index is 2.39. The van der Waals surface area contributed by atoms with Crippen molar-refractivity contribution in [1.29, 1.82) is 0 Å². The zero-order chi connectivity index (χ0) is 23.2. The molecule has 0 fully saturated rings. The minimum atomic E-state index is -3.74. The molecule has 1 atom stereocenters. The van der Waals surface area contributed by atoms with Gasteiger partial charge in [-0.2, -0.15) is 0 Å². The zero-order valence-corrected chi connectivity index (χ0v) is 19.5. The van der Waals surface area contributed by atoms with Gasteiger partial charge >= 0.3 is 0 Å². The number of hydrogen-bond acceptors (Lipinski definition) is 4. The van der Waals surface area contributed by atoms with Crippen LogP contribution in [0.5, 0.6) is 0 Å². The van der Waals surface area contributed by atoms with E-state index in [2.05, 4.69) is 10.6 Å². The van der Waals surface area contributed by atoms with Gasteiger partial charge in [-0.15, -0.1) is 0 Å². The van der Waals surface area contributed by atoms with E-state index in [1.165, 1.54) is 0 Å². The lowest BCUT2D eigenvalue weighted by molar-refractivity contribution is -0.117. The molecule has 0 aliphatic heterocycles. The second-order valence-corrected chi connectivity index (χ2v) is 9.40. The molecule has 0 bridgehead atoms. The van der Waals surface area contributed by atoms with E-state index >= 15 is 0 Å². The summed E-state index contributed by atoms with van der Waals surface area (Å²) in [7, 11) is -3.74. The lowest BCUT2D eigenvalue weighted by atomic mass is 10.1. The van der Waals surface area contributed by atoms with Gasteiger partial charge in [0, 0.05) is 6.54 Å². The monoisotopic (exact) mass is 445 g/mol. The van der Waals surface area contributed by atoms with Crippen molar-refractivity contribution < 1.29 is 18.0 Å². The fourth-order valence-electron chi connectivity index (χ4n) is 3.26. The summed E-state index contributed by atoms with van der Waals surface area (Å²) < 4.78 is 26.5. The van der Waals surface area contributed by atoms with Crippen LogP contribution in [0.4, 0.5) is 11.4 Å². The van der Waals surface area contributed by atoms with Crippen molar-refractivity contribution in [3.63, 3.8) is 0 Å². The molecule has 8 heteroatoms. The van der Waals surface area contributed by atoms with E-state index in [9.17, 15) is 18.0 Å². The predicted molar refractivity (Wildman–Crippen MR) is 125 cm³/mol. The van der Waals surface area contributed by atoms with Crippen LogP contribution in [-0.4, -0.2) is 39.1 Å². The van der Waals surface area contributed by atoms with Gasteiger partial charge in [-0.3, -0.25) is 13.9 Å². The summed E-state index contributed by atoms with van der Waals surface area (Å²) in [4.78, 5) is 25.7. The molecule has 0 heterocycles. The Morgan fingerprint density at radius 2 is 1.71 bits per heavy atom. The maximum atomic E-state index is 13.2. The highest BCUT2D eigenvalue weighted by atomic mass is 32.2. The summed E-state index contributed by atoms with van der Waals surface area (Å²) in [6.45, 7) is 8.06. The number of anilines is 2. The quantitative estimate of drug-likeness (QED) is 0.616. The molecule has 0 aliphatic rings. The van der Waals surface area contributed by atoms with Gasteiger partial charge in [-0.25, -0.2) is 8.42 Å². The standard InChI is InChI=1S/C23H31N3O4S/c1-6-14-24-22(27)19-10-8-9-11-20(19)25-23(28)21(7-2)26(31(5,29)30)18-13-12-16(3)17(4)15-18/h8-13,15,21H,6-7,14H2,1-5H3,(H,24,27)(H,25,28)/t21-/m0/s1. The predicted octanol–water partition coefficient (Wildman–Crippen LogP) is 3.63. The van der Waals surface area contributed by atoms with E-state index in [-0.39, 0.29) is 12.3 Å². The van der Waals surface area contributed by atoms with E-state index in [0.29, 0.717) is 23.5 Å². The van der Waals surface area contributed by atoms with Gasteiger partial charge < -0.3 is 10.6 Å². The maximum absolute atomic E-state index is 13.2. The lowest BCUT2D eigenvalue weighted by Gasteiger charge is -2.30. The number of para-hydroxylation sites is 1. The SMILES string of the molecule is CCCNC(=O)c1ccccc1NC(=O)[C@H](CC)N(c1ccc(C)c(C)c1)S(C)(=O)=O. The van der Waals surface area contributed by atoms with Crippen LogP contribution in [0.25, 0.3) is 0 Å². The Morgan fingerprint density at radius 1 is 1.03 bits per heavy atom. The third kappa shape index (κ3) is 6.07. The molecule has 7 nitrogen and oxygen atoms in total. The van der Waals surface area contributed by atoms with Crippen molar-refractivity contribution in [1.82, 2.24) is 5.32 Å². The van der Waals surface area contributed by atoms with Crippen molar-refractivity contribution in [2.24, 2.45) is 0 Å². The largest absolute Gasteiger partial charge is 0.352 e. The van der Waals surface area contributed by atoms with Crippen LogP contribution in [0.3, 0.4) is 0 Å². The molecule has 168 valence electrons. The maximum Gasteiger partial charge on any atom is 0.253 e. The number of nitrogens with zero attached hydrogens (tertiary/aromatic N) is 1. The number of hydrogen-bond donors (Lipinski definition) is 2. The topological polar surface area (TPSA) is 95.6 Å². The van der Waals surface area contributed by atoms with Crippen LogP contribution in [0.1, 0.15) is 48.2 Å². The third-order valence-electron chi connectivity index (χ3n) is 5.04. The molecule has 2 rings (SSSR count). The van der Waals surface area contributed by atoms with Crippen LogP contribution < -0.4 is 14.9 Å². The Morgan fingerprint density at radius 3 is 2.29 bits per heavy atom. The Hall–Kier alpha value is -2.87. The number of amides is 2. The zero-order valence-electron chi connectivity index (χ0n) is 18.7. The van der Waals surface area contributed by atoms with Gasteiger partial charge in [-0.05, 0) is 62.1 Å². The average Bonchev–Trinajstić information content (AvgIpc) is 2.71. The van der Waals surface area contributed by atoms with E-state index in [0.717, 1.165) is 28.1 Å². The number of aryl methyl sites for hydroxylation is 2. The second kappa shape index (κ2) is 10.4. The summed E-state index contributed by atoms with van der Waals surface area (Å²) >= 11 is 0. The molecular weight excluding hydrogens is 414 g/mol. The molecule has 2 N–H and O–H groups in total. The molecule has 0 unspecified atom stereocenters. The molecule has 0 aliphatic carbocycles. The Labute approximate surface area is 184 Å². The number of nitrogens with one attached hydrogen (secondary N) is 2. The fourth-order valence-corrected chi connectivity index (χ4v) is 4.47. The summed E-state index contributed by atoms with van der Waals surface area (Å²) in [6, 6.07) is 11.0. The first-order valence-corrected chi connectivity index (χ1v) is 12.2. The highest BCUT2D eigenvalue weighted by Crippen LogP contribution is 2.26. The molecular formula is C23H31N3O4S. The van der Waals surface area contributed by atoms with Gasteiger partial charge in [-0.1, -0.05) is 32.0 Å². The molecule has 0 spiro atoms. The van der Waals surface area contributed by atoms with E-state index < -0.39 is 22.0 Å². The fraction of sp³-hybridized carbons (Fsp3) is 0.391. The highest BCUT2D eigenvalue weighted by molar-refractivity contribution is 7.92. The molecule has 0 aromatic heterocycles. The molecule has 0 radical (unpaired) electrons. The summed E-state index contributed by atoms with van der Waals surface area (Å²) in [5.74, 6) is -0.790. The number of sulfonamides is 1. The number of carbonyl (C=O) groups excluding carboxylic acids is 2. The van der Waals surface area contributed by atoms with E-state index in [1.54, 1.807) is 43.3 Å². The van der Waals surface area contributed by atoms with Crippen molar-refractivity contribution >= 4 is 33.2 Å². The van der Waals surface area contributed by atoms with Gasteiger partial charge in [0.2, 0.25) is 15.9 Å². The van der Waals surface area contributed by atoms with Crippen molar-refractivity contribution in [2.45, 2.75) is 46.6 Å². The lowest BCUT2D eigenvalue weighted by Crippen LogP contribution is -2.47. The van der Waals surface area contributed by atoms with Gasteiger partial charge in [0.1, 0.15) is 6.04 Å². The van der Waals surface area contributed by atoms with Crippen molar-refractivity contribution in [2.75, 3.05) is 22.4 Å². The van der Waals surface area contributed by atoms with Gasteiger partial charge in [0.25, 0.3) is 5.91 Å². The molecule has 2 amide bonds. The summed E-state index contributed by atoms with van der Waals surface area (Å²) in [5, 5.41) is 5.55. The van der Waals surface area contributed by atoms with Crippen LogP contribution in [0.15, 0.2) is 42.5 Å². The van der Waals surface area contributed by atoms with Gasteiger partial charge in [0.15, 0.2) is 0 Å². The number of carbonyl (C=O) groups is 2. The van der Waals surface area contributed by atoms with E-state index in [1.807, 2.05) is 26.8 Å². The molecule has 2 aromatic carbocycles. The first-order chi connectivity index (χ1) is 14.6. The van der Waals surface area contributed by atoms with Crippen LogP contribution in [-0.2, 0) is 14.8 Å². The molecule has 31 heavy (non-hydrogen) atoms. The molecule has 0 saturated heterocycles. The normalized spacial score (nSPS) is 12.2. The first-order valence-electron chi connectivity index (χ1n) is 10.3. The Bertz CT molecular complexity index is 1050. The number of benzene rings is 2. The highest BCUT2D eigenvalue weighted by Gasteiger charge is 2.32. The van der Waals surface area contributed by atoms with Crippen LogP contribution >= 0.6 is 0 Å². The smallest absolute Gasteiger partial charge is 0.253 e. The van der Waals surface area contributed by atoms with E-state index in [4.69, 9.17) is 0 Å². The molecule has 0 saturated carbocycles. The van der Waals surface area contributed by atoms with Gasteiger partial charge in [0.05, 0.1) is 23.2 Å². The minimum Gasteiger partial charge on any atom is -0.352 e. The first kappa shape index (κ1) is 24.4. The minimum absolute atomic E-state index is 0.260. The van der Waals surface area contributed by atoms with Crippen LogP contribution in [0, 0.1) is 13.8 Å². The van der Waals surface area contributed by atoms with Crippen molar-refractivity contribution in [3.05, 3.63) is 59.2 Å². The molecule has 2 aromatic rings. The third-order valence-corrected chi connectivity index (χ3v) is 6.22. The van der Waals surface area contributed by atoms with Crippen molar-refractivity contribution in [3.8, 4) is 0 Å². The Kier molecular flexibility index (Phi) is 8.21. The average molecular weight is 446 g/mol. The second-order valence-electron chi connectivity index (χ2n) is 7.54. The number of rotatable bonds is 9.